The topological polar surface area (TPSA) is 6.48 Å². The molecule has 0 N–H and O–H groups in total. The van der Waals surface area contributed by atoms with Crippen LogP contribution in [0.1, 0.15) is 130 Å². The van der Waals surface area contributed by atoms with E-state index in [1.807, 2.05) is 0 Å². The van der Waals surface area contributed by atoms with Crippen molar-refractivity contribution in [2.24, 2.45) is 35.5 Å². The van der Waals surface area contributed by atoms with Crippen LogP contribution in [0, 0.1) is 56.3 Å². The predicted molar refractivity (Wildman–Crippen MR) is 178 cm³/mol. The fraction of sp³-hybridized carbons (Fsp3) is 0.784. The highest BCUT2D eigenvalue weighted by atomic mass is 35.5. The number of hydrogen-bond donors (Lipinski definition) is 0. The Hall–Kier alpha value is -1.15. The molecule has 0 aromatic heterocycles. The average molecular weight is 571 g/mol. The molecule has 1 aliphatic carbocycles. The number of halogens is 1. The molecule has 0 bridgehead atoms. The van der Waals surface area contributed by atoms with Crippen LogP contribution in [-0.4, -0.2) is 22.0 Å². The van der Waals surface area contributed by atoms with Gasteiger partial charge in [-0.15, -0.1) is 11.6 Å². The van der Waals surface area contributed by atoms with Crippen LogP contribution in [0.2, 0.25) is 0 Å². The lowest BCUT2D eigenvalue weighted by Gasteiger charge is -2.53. The van der Waals surface area contributed by atoms with Gasteiger partial charge in [-0.2, -0.15) is 0 Å². The van der Waals surface area contributed by atoms with Crippen molar-refractivity contribution in [1.29, 1.82) is 0 Å². The third kappa shape index (κ3) is 7.43. The fourth-order valence-corrected chi connectivity index (χ4v) is 9.24. The van der Waals surface area contributed by atoms with Crippen molar-refractivity contribution < 1.29 is 0 Å². The SMILES string of the molecule is CCCCCC(Cl)(C(CCC(C)C)C(C)C)C1N(c2c(C)cc(C)cc2C)C=CN1C1C(C)CCC(C)CC1C. The summed E-state index contributed by atoms with van der Waals surface area (Å²) in [6.07, 6.45) is 16.1. The molecule has 228 valence electrons. The molecule has 7 unspecified atom stereocenters. The Balaban J connectivity index is 2.22. The molecule has 0 spiro atoms. The van der Waals surface area contributed by atoms with Gasteiger partial charge < -0.3 is 9.80 Å². The largest absolute Gasteiger partial charge is 0.351 e. The van der Waals surface area contributed by atoms with Gasteiger partial charge in [0, 0.05) is 24.1 Å². The van der Waals surface area contributed by atoms with E-state index in [4.69, 9.17) is 11.6 Å². The molecular weight excluding hydrogens is 508 g/mol. The highest BCUT2D eigenvalue weighted by Gasteiger charge is 2.53. The van der Waals surface area contributed by atoms with Crippen molar-refractivity contribution in [1.82, 2.24) is 4.90 Å². The van der Waals surface area contributed by atoms with Crippen LogP contribution in [0.5, 0.6) is 0 Å². The second-order valence-corrected chi connectivity index (χ2v) is 15.5. The summed E-state index contributed by atoms with van der Waals surface area (Å²) >= 11 is 8.36. The van der Waals surface area contributed by atoms with Gasteiger partial charge in [0.25, 0.3) is 0 Å². The first-order valence-corrected chi connectivity index (χ1v) is 17.2. The van der Waals surface area contributed by atoms with Crippen LogP contribution in [0.3, 0.4) is 0 Å². The monoisotopic (exact) mass is 570 g/mol. The zero-order chi connectivity index (χ0) is 29.8. The van der Waals surface area contributed by atoms with Crippen LogP contribution in [0.4, 0.5) is 5.69 Å². The summed E-state index contributed by atoms with van der Waals surface area (Å²) in [6, 6.07) is 5.23. The number of alkyl halides is 1. The number of hydrogen-bond acceptors (Lipinski definition) is 2. The molecule has 1 aliphatic heterocycles. The van der Waals surface area contributed by atoms with Crippen molar-refractivity contribution in [3.8, 4) is 0 Å². The zero-order valence-corrected chi connectivity index (χ0v) is 28.8. The fourth-order valence-electron chi connectivity index (χ4n) is 8.52. The molecule has 1 aromatic rings. The summed E-state index contributed by atoms with van der Waals surface area (Å²) in [4.78, 5) is 5.07. The lowest BCUT2D eigenvalue weighted by molar-refractivity contribution is 0.0658. The molecule has 1 aromatic carbocycles. The van der Waals surface area contributed by atoms with Crippen molar-refractivity contribution in [2.45, 2.75) is 151 Å². The van der Waals surface area contributed by atoms with Gasteiger partial charge in [-0.3, -0.25) is 0 Å². The van der Waals surface area contributed by atoms with Crippen molar-refractivity contribution >= 4 is 17.3 Å². The normalized spacial score (nSPS) is 27.9. The summed E-state index contributed by atoms with van der Waals surface area (Å²) in [5, 5.41) is 0. The molecule has 0 radical (unpaired) electrons. The van der Waals surface area contributed by atoms with Gasteiger partial charge in [0.2, 0.25) is 0 Å². The standard InChI is InChI=1S/C37H63ClN2/c1-12-13-14-19-37(38,33(26(4)5)18-15-25(2)3)36-39(34-29(8)17-16-27(6)22-30(34)9)20-21-40(36)35-31(10)23-28(7)24-32(35)11/h20-21,23-27,29-30,33-34,36H,12-19,22H2,1-11H3. The Morgan fingerprint density at radius 3 is 2.12 bits per heavy atom. The van der Waals surface area contributed by atoms with E-state index in [0.29, 0.717) is 35.6 Å². The first kappa shape index (κ1) is 33.4. The lowest BCUT2D eigenvalue weighted by Crippen LogP contribution is -2.61. The van der Waals surface area contributed by atoms with Gasteiger partial charge >= 0.3 is 0 Å². The molecule has 2 aliphatic rings. The van der Waals surface area contributed by atoms with Crippen molar-refractivity contribution in [3.05, 3.63) is 41.2 Å². The van der Waals surface area contributed by atoms with Crippen LogP contribution in [-0.2, 0) is 0 Å². The molecule has 2 nitrogen and oxygen atoms in total. The smallest absolute Gasteiger partial charge is 0.125 e. The maximum atomic E-state index is 8.36. The van der Waals surface area contributed by atoms with Crippen LogP contribution in [0.15, 0.2) is 24.5 Å². The zero-order valence-electron chi connectivity index (χ0n) is 28.1. The first-order chi connectivity index (χ1) is 18.8. The number of nitrogens with zero attached hydrogens (tertiary/aromatic N) is 2. The Kier molecular flexibility index (Phi) is 12.0. The third-order valence-corrected chi connectivity index (χ3v) is 11.0. The summed E-state index contributed by atoms with van der Waals surface area (Å²) < 4.78 is 0. The summed E-state index contributed by atoms with van der Waals surface area (Å²) in [5.41, 5.74) is 5.43. The Morgan fingerprint density at radius 1 is 0.900 bits per heavy atom. The molecule has 3 heteroatoms. The van der Waals surface area contributed by atoms with Gasteiger partial charge in [0.05, 0.1) is 4.87 Å². The molecule has 7 atom stereocenters. The summed E-state index contributed by atoms with van der Waals surface area (Å²) in [6.45, 7) is 26.2. The Morgan fingerprint density at radius 2 is 1.55 bits per heavy atom. The maximum absolute atomic E-state index is 8.36. The van der Waals surface area contributed by atoms with E-state index >= 15 is 0 Å². The molecule has 40 heavy (non-hydrogen) atoms. The van der Waals surface area contributed by atoms with E-state index in [2.05, 4.69) is 110 Å². The molecule has 1 fully saturated rings. The minimum Gasteiger partial charge on any atom is -0.351 e. The minimum atomic E-state index is -0.344. The van der Waals surface area contributed by atoms with E-state index in [1.165, 1.54) is 73.7 Å². The van der Waals surface area contributed by atoms with E-state index in [-0.39, 0.29) is 11.0 Å². The highest BCUT2D eigenvalue weighted by Crippen LogP contribution is 2.50. The van der Waals surface area contributed by atoms with E-state index in [9.17, 15) is 0 Å². The van der Waals surface area contributed by atoms with Gasteiger partial charge in [-0.05, 0) is 93.1 Å². The number of unbranched alkanes of at least 4 members (excludes halogenated alkanes) is 2. The van der Waals surface area contributed by atoms with Crippen LogP contribution < -0.4 is 4.90 Å². The number of anilines is 1. The molecular formula is C37H63ClN2. The first-order valence-electron chi connectivity index (χ1n) is 16.8. The lowest BCUT2D eigenvalue weighted by atomic mass is 9.73. The van der Waals surface area contributed by atoms with Crippen LogP contribution >= 0.6 is 11.6 Å². The molecule has 1 heterocycles. The molecule has 0 amide bonds. The highest BCUT2D eigenvalue weighted by molar-refractivity contribution is 6.25. The number of rotatable bonds is 12. The van der Waals surface area contributed by atoms with Gasteiger partial charge in [0.15, 0.2) is 0 Å². The van der Waals surface area contributed by atoms with Crippen molar-refractivity contribution in [3.63, 3.8) is 0 Å². The number of aryl methyl sites for hydroxylation is 3. The molecule has 3 rings (SSSR count). The van der Waals surface area contributed by atoms with Gasteiger partial charge in [0.1, 0.15) is 6.17 Å². The average Bonchev–Trinajstić information content (AvgIpc) is 3.21. The molecule has 1 saturated carbocycles. The summed E-state index contributed by atoms with van der Waals surface area (Å²) in [5.74, 6) is 3.76. The second-order valence-electron chi connectivity index (χ2n) is 14.8. The number of benzene rings is 1. The van der Waals surface area contributed by atoms with Crippen LogP contribution in [0.25, 0.3) is 0 Å². The second kappa shape index (κ2) is 14.3. The Bertz CT molecular complexity index is 944. The summed E-state index contributed by atoms with van der Waals surface area (Å²) in [7, 11) is 0. The van der Waals surface area contributed by atoms with E-state index in [1.54, 1.807) is 0 Å². The van der Waals surface area contributed by atoms with Gasteiger partial charge in [-0.1, -0.05) is 105 Å². The van der Waals surface area contributed by atoms with Gasteiger partial charge in [-0.25, -0.2) is 0 Å². The quantitative estimate of drug-likeness (QED) is 0.140. The third-order valence-electron chi connectivity index (χ3n) is 10.3. The Labute approximate surface area is 254 Å². The maximum Gasteiger partial charge on any atom is 0.125 e. The molecule has 0 saturated heterocycles. The van der Waals surface area contributed by atoms with Crippen molar-refractivity contribution in [2.75, 3.05) is 4.90 Å². The van der Waals surface area contributed by atoms with E-state index < -0.39 is 0 Å². The minimum absolute atomic E-state index is 0.119. The van der Waals surface area contributed by atoms with E-state index in [0.717, 1.165) is 12.3 Å². The predicted octanol–water partition coefficient (Wildman–Crippen LogP) is 11.3.